The Morgan fingerprint density at radius 1 is 0.293 bits per heavy atom. The molecular weight excluding hydrogens is 2260 g/mol. The largest absolute Gasteiger partial charge is 0.496 e. The van der Waals surface area contributed by atoms with Crippen LogP contribution in [0.25, 0.3) is 0 Å². The lowest BCUT2D eigenvalue weighted by atomic mass is 10.00. The van der Waals surface area contributed by atoms with Crippen molar-refractivity contribution < 1.29 is 117 Å². The van der Waals surface area contributed by atoms with E-state index in [9.17, 15) is 113 Å². The van der Waals surface area contributed by atoms with Crippen LogP contribution in [0.15, 0.2) is 292 Å². The zero-order chi connectivity index (χ0) is 111. The number of nitrogens with two attached hydrogens (primary N) is 6. The Morgan fingerprint density at radius 2 is 0.567 bits per heavy atom. The van der Waals surface area contributed by atoms with Gasteiger partial charge in [0.05, 0.1) is 71.2 Å². The maximum atomic E-state index is 14.2. The maximum absolute atomic E-state index is 14.2. The van der Waals surface area contributed by atoms with Gasteiger partial charge in [0.25, 0.3) is 70.9 Å². The number of aryl methyl sites for hydroxylation is 1. The molecular formula is C105H88Br3Cl5F6N12O19. The fourth-order valence-corrected chi connectivity index (χ4v) is 15.8. The van der Waals surface area contributed by atoms with Gasteiger partial charge in [0, 0.05) is 51.9 Å². The summed E-state index contributed by atoms with van der Waals surface area (Å²) in [5, 5.41) is 13.5. The number of hydrogen-bond donors (Lipinski definition) is 12. The molecule has 0 radical (unpaired) electrons. The van der Waals surface area contributed by atoms with Crippen molar-refractivity contribution in [2.45, 2.75) is 87.9 Å². The number of rotatable bonds is 37. The summed E-state index contributed by atoms with van der Waals surface area (Å²) in [4.78, 5) is 214. The number of alkyl halides is 3. The number of nitrogens with one attached hydrogen (secondary N) is 6. The molecule has 12 aromatic rings. The summed E-state index contributed by atoms with van der Waals surface area (Å²) < 4.78 is 88.6. The highest BCUT2D eigenvalue weighted by molar-refractivity contribution is 9.11. The van der Waals surface area contributed by atoms with E-state index in [1.54, 1.807) is 194 Å². The van der Waals surface area contributed by atoms with Crippen LogP contribution in [0.1, 0.15) is 107 Å². The minimum atomic E-state index is -5.05. The molecule has 0 aliphatic heterocycles. The van der Waals surface area contributed by atoms with Crippen molar-refractivity contribution in [2.75, 3.05) is 7.11 Å². The van der Waals surface area contributed by atoms with Gasteiger partial charge in [-0.1, -0.05) is 290 Å². The maximum Gasteiger partial charge on any atom is 0.417 e. The van der Waals surface area contributed by atoms with Gasteiger partial charge in [-0.15, -0.1) is 0 Å². The monoisotopic (exact) mass is 2350 g/mol. The number of benzene rings is 12. The summed E-state index contributed by atoms with van der Waals surface area (Å²) >= 11 is 38.7. The topological polar surface area (TPSA) is 545 Å². The fraction of sp³-hybridized carbons (Fsp3) is 0.143. The van der Waals surface area contributed by atoms with Crippen molar-refractivity contribution in [3.63, 3.8) is 0 Å². The van der Waals surface area contributed by atoms with Crippen molar-refractivity contribution in [1.82, 2.24) is 31.9 Å². The second kappa shape index (κ2) is 58.9. The summed E-state index contributed by atoms with van der Waals surface area (Å²) in [5.74, 6) is -20.4. The Hall–Kier alpha value is -15.4. The molecule has 0 spiro atoms. The average molecular weight is 2350 g/mol. The second-order valence-electron chi connectivity index (χ2n) is 31.7. The molecule has 0 saturated carbocycles. The van der Waals surface area contributed by atoms with Gasteiger partial charge in [0.15, 0.2) is 5.82 Å². The molecule has 0 aromatic heterocycles. The van der Waals surface area contributed by atoms with Crippen molar-refractivity contribution in [3.05, 3.63) is 413 Å². The quantitative estimate of drug-likeness (QED) is 0.00977. The lowest BCUT2D eigenvalue weighted by Gasteiger charge is -2.19. The zero-order valence-corrected chi connectivity index (χ0v) is 86.8. The molecule has 780 valence electrons. The van der Waals surface area contributed by atoms with E-state index < -0.39 is 182 Å². The number of carbonyl (C=O) groups excluding carboxylic acids is 18. The predicted molar refractivity (Wildman–Crippen MR) is 557 cm³/mol. The molecule has 12 aromatic carbocycles. The number of carbonyl (C=O) groups is 18. The molecule has 12 amide bonds. The summed E-state index contributed by atoms with van der Waals surface area (Å²) in [6.07, 6.45) is -4.70. The number of amides is 12. The number of Topliss-reactive ketones (excluding diaryl/α,β-unsaturated/α-hetero) is 6. The molecule has 0 fully saturated rings. The van der Waals surface area contributed by atoms with Crippen LogP contribution < -0.4 is 71.0 Å². The molecule has 0 aliphatic carbocycles. The minimum Gasteiger partial charge on any atom is -0.496 e. The highest BCUT2D eigenvalue weighted by Gasteiger charge is 2.40. The lowest BCUT2D eigenvalue weighted by Crippen LogP contribution is -2.47. The Balaban J connectivity index is 0.000000244. The van der Waals surface area contributed by atoms with Gasteiger partial charge < -0.3 is 71.0 Å². The molecule has 31 nitrogen and oxygen atoms in total. The Bertz CT molecular complexity index is 7020. The van der Waals surface area contributed by atoms with E-state index >= 15 is 0 Å². The molecule has 6 atom stereocenters. The normalized spacial score (nSPS) is 11.7. The molecule has 0 aliphatic rings. The summed E-state index contributed by atoms with van der Waals surface area (Å²) in [5.41, 5.74) is 32.1. The minimum absolute atomic E-state index is 0.0411. The van der Waals surface area contributed by atoms with Gasteiger partial charge in [-0.2, -0.15) is 13.2 Å². The van der Waals surface area contributed by atoms with E-state index in [4.69, 9.17) is 97.1 Å². The molecule has 0 unspecified atom stereocenters. The van der Waals surface area contributed by atoms with E-state index in [2.05, 4.69) is 74.4 Å². The molecule has 12 rings (SSSR count). The number of methoxy groups -OCH3 is 1. The van der Waals surface area contributed by atoms with Crippen LogP contribution in [-0.4, -0.2) is 149 Å². The highest BCUT2D eigenvalue weighted by atomic mass is 79.9. The van der Waals surface area contributed by atoms with E-state index in [0.29, 0.717) is 53.6 Å². The van der Waals surface area contributed by atoms with Gasteiger partial charge in [0.2, 0.25) is 34.7 Å². The third kappa shape index (κ3) is 37.4. The van der Waals surface area contributed by atoms with Gasteiger partial charge >= 0.3 is 6.18 Å². The van der Waals surface area contributed by atoms with Crippen LogP contribution in [0.3, 0.4) is 0 Å². The first-order valence-electron chi connectivity index (χ1n) is 43.7. The smallest absolute Gasteiger partial charge is 0.417 e. The first-order chi connectivity index (χ1) is 70.9. The second-order valence-corrected chi connectivity index (χ2v) is 36.4. The van der Waals surface area contributed by atoms with Crippen LogP contribution in [0.4, 0.5) is 26.3 Å². The third-order valence-corrected chi connectivity index (χ3v) is 24.2. The summed E-state index contributed by atoms with van der Waals surface area (Å²) in [6, 6.07) is 67.9. The fourth-order valence-electron chi connectivity index (χ4n) is 13.5. The average Bonchev–Trinajstić information content (AvgIpc) is 0.780. The lowest BCUT2D eigenvalue weighted by molar-refractivity contribution is -0.138. The summed E-state index contributed by atoms with van der Waals surface area (Å²) in [6.45, 7) is 1.48. The molecule has 0 saturated heterocycles. The van der Waals surface area contributed by atoms with Crippen molar-refractivity contribution in [3.8, 4) is 5.75 Å². The Kier molecular flexibility index (Phi) is 47.7. The molecule has 45 heteroatoms. The Morgan fingerprint density at radius 3 is 0.887 bits per heavy atom. The SMILES string of the molecule is COc1ccc(Br)cc1C(=O)N[C@@H](Cc1ccccc1)C(=O)C(N)=O.Cc1ccc(Cl)c(C(=O)N[C@@H](Cc2ccccc2)C(=O)C(N)=O)c1F.NC(=O)C(=O)[C@H](Cc1ccccc1)NC(=O)c1c(C(F)(F)F)ccc(Cl)c1F.NC(=O)C(=O)[C@H](Cc1ccccc1)NC(=O)c1cc(Br)ccc1Cl.NC(=O)C(=O)[C@H](Cc1ccccc1)NC(=O)c1cc(F)c(Cl)cc1Cl.NC(=O)C(=O)[C@H](Cc1ccccc1)NC(=O)c1ccccc1Br. The number of primary amides is 6. The number of ether oxygens (including phenoxy) is 1. The number of hydrogen-bond acceptors (Lipinski definition) is 19. The molecule has 150 heavy (non-hydrogen) atoms. The van der Waals surface area contributed by atoms with Gasteiger partial charge in [0.1, 0.15) is 53.6 Å². The van der Waals surface area contributed by atoms with Crippen molar-refractivity contribution in [2.24, 2.45) is 34.4 Å². The van der Waals surface area contributed by atoms with Gasteiger partial charge in [-0.3, -0.25) is 86.3 Å². The van der Waals surface area contributed by atoms with E-state index in [1.807, 2.05) is 47.8 Å². The zero-order valence-electron chi connectivity index (χ0n) is 78.3. The molecule has 0 heterocycles. The van der Waals surface area contributed by atoms with Crippen LogP contribution >= 0.6 is 106 Å². The van der Waals surface area contributed by atoms with Crippen LogP contribution in [0, 0.1) is 24.4 Å². The standard InChI is InChI=1S/C18H17BrN2O4.C18H13ClF4N2O3.C18H16ClFN2O3.C17H14BrClN2O3.C17H15BrN2O3.C17H13Cl2FN2O3/c1-25-15-8-7-12(19)10-13(15)18(24)21-14(16(22)17(20)23)9-11-5-3-2-4-6-11;19-11-7-6-10(18(21,22)23)13(14(11)20)17(28)25-12(15(26)16(24)27)8-9-4-2-1-3-5-9;1-10-7-8-12(19)14(15(10)20)18(25)22-13(16(23)17(21)24)9-11-5-3-2-4-6-11;18-11-6-7-13(19)12(9-11)17(24)21-14(15(22)16(20)23)8-10-4-2-1-3-5-10;18-13-9-5-4-8-12(13)17(23)20-14(15(21)16(19)22)10-11-6-2-1-3-7-11;18-11-8-12(19)13(20)7-10(11)17(25)22-14(15(23)16(21)24)6-9-4-2-1-3-5-9/h2-8,10,14H,9H2,1H3,(H2,20,23)(H,21,24);1-7,12H,8H2,(H2,24,27)(H,25,28);2-8,13H,9H2,1H3,(H2,21,24)(H,22,25);1-7,9,14H,8H2,(H2,20,23)(H,21,24);1-9,14H,10H2,(H2,19,22)(H,20,23);1-5,7-8,14H,6H2,(H2,21,24)(H,22,25)/t14-;12-;13-;3*14-/m000000/s1. The number of halogens is 14. The first kappa shape index (κ1) is 122. The molecule has 18 N–H and O–H groups in total. The van der Waals surface area contributed by atoms with Gasteiger partial charge in [-0.05, 0) is 141 Å². The van der Waals surface area contributed by atoms with Gasteiger partial charge in [-0.25, -0.2) is 13.2 Å². The van der Waals surface area contributed by atoms with Crippen molar-refractivity contribution >= 4 is 211 Å². The first-order valence-corrected chi connectivity index (χ1v) is 48.0. The van der Waals surface area contributed by atoms with E-state index in [1.165, 1.54) is 32.2 Å². The number of ketones is 6. The summed E-state index contributed by atoms with van der Waals surface area (Å²) in [7, 11) is 1.44. The van der Waals surface area contributed by atoms with Crippen LogP contribution in [0.5, 0.6) is 5.75 Å². The van der Waals surface area contributed by atoms with Crippen LogP contribution in [-0.2, 0) is 102 Å². The van der Waals surface area contributed by atoms with E-state index in [0.717, 1.165) is 28.8 Å². The van der Waals surface area contributed by atoms with Crippen molar-refractivity contribution in [1.29, 1.82) is 0 Å². The third-order valence-electron chi connectivity index (χ3n) is 21.0. The molecule has 0 bridgehead atoms. The van der Waals surface area contributed by atoms with E-state index in [-0.39, 0.29) is 86.4 Å². The van der Waals surface area contributed by atoms with Crippen LogP contribution in [0.2, 0.25) is 25.1 Å². The highest BCUT2D eigenvalue weighted by Crippen LogP contribution is 2.36. The Labute approximate surface area is 902 Å². The predicted octanol–water partition coefficient (Wildman–Crippen LogP) is 13.8.